The van der Waals surface area contributed by atoms with Gasteiger partial charge in [-0.3, -0.25) is 9.69 Å². The molecule has 23 heavy (non-hydrogen) atoms. The van der Waals surface area contributed by atoms with Crippen LogP contribution >= 0.6 is 0 Å². The first-order valence-corrected chi connectivity index (χ1v) is 8.46. The van der Waals surface area contributed by atoms with Crippen molar-refractivity contribution in [3.05, 3.63) is 28.7 Å². The van der Waals surface area contributed by atoms with Gasteiger partial charge in [0.1, 0.15) is 5.69 Å². The van der Waals surface area contributed by atoms with Gasteiger partial charge < -0.3 is 14.8 Å². The first-order chi connectivity index (χ1) is 11.0. The van der Waals surface area contributed by atoms with Crippen molar-refractivity contribution in [1.82, 2.24) is 14.4 Å². The van der Waals surface area contributed by atoms with E-state index in [9.17, 15) is 9.59 Å². The highest BCUT2D eigenvalue weighted by molar-refractivity contribution is 5.89. The fourth-order valence-corrected chi connectivity index (χ4v) is 4.03. The number of anilines is 1. The van der Waals surface area contributed by atoms with Gasteiger partial charge in [-0.25, -0.2) is 4.79 Å². The number of hydrogen-bond donors (Lipinski definition) is 1. The Hall–Kier alpha value is -1.82. The molecule has 2 aliphatic rings. The van der Waals surface area contributed by atoms with Crippen molar-refractivity contribution in [2.75, 3.05) is 18.4 Å². The van der Waals surface area contributed by atoms with E-state index in [2.05, 4.69) is 24.1 Å². The molecule has 2 bridgehead atoms. The van der Waals surface area contributed by atoms with E-state index in [0.717, 1.165) is 25.9 Å². The SMILES string of the molecule is CC(C)N1C2CCC1CN(C(=O)Nc1cccn(C)c1=O)CC2. The Balaban J connectivity index is 1.71. The monoisotopic (exact) mass is 318 g/mol. The predicted molar refractivity (Wildman–Crippen MR) is 90.7 cm³/mol. The zero-order valence-corrected chi connectivity index (χ0v) is 14.2. The Morgan fingerprint density at radius 1 is 1.26 bits per heavy atom. The maximum absolute atomic E-state index is 12.6. The van der Waals surface area contributed by atoms with E-state index in [4.69, 9.17) is 0 Å². The van der Waals surface area contributed by atoms with Gasteiger partial charge >= 0.3 is 6.03 Å². The summed E-state index contributed by atoms with van der Waals surface area (Å²) in [6.45, 7) is 5.96. The first kappa shape index (κ1) is 16.1. The van der Waals surface area contributed by atoms with E-state index >= 15 is 0 Å². The Kier molecular flexibility index (Phi) is 4.43. The van der Waals surface area contributed by atoms with Crippen LogP contribution in [0.5, 0.6) is 0 Å². The number of amides is 2. The topological polar surface area (TPSA) is 57.6 Å². The zero-order valence-electron chi connectivity index (χ0n) is 14.2. The summed E-state index contributed by atoms with van der Waals surface area (Å²) in [6, 6.07) is 4.79. The normalized spacial score (nSPS) is 24.8. The largest absolute Gasteiger partial charge is 0.323 e. The third kappa shape index (κ3) is 3.13. The van der Waals surface area contributed by atoms with Gasteiger partial charge in [-0.1, -0.05) is 0 Å². The Bertz CT molecular complexity index is 640. The lowest BCUT2D eigenvalue weighted by Crippen LogP contribution is -2.45. The number of likely N-dealkylation sites (tertiary alicyclic amines) is 1. The van der Waals surface area contributed by atoms with Crippen LogP contribution in [0.25, 0.3) is 0 Å². The van der Waals surface area contributed by atoms with Gasteiger partial charge in [-0.15, -0.1) is 0 Å². The van der Waals surface area contributed by atoms with E-state index < -0.39 is 0 Å². The Morgan fingerprint density at radius 2 is 2.00 bits per heavy atom. The summed E-state index contributed by atoms with van der Waals surface area (Å²) in [5, 5.41) is 2.79. The number of rotatable bonds is 2. The van der Waals surface area contributed by atoms with Gasteiger partial charge in [-0.2, -0.15) is 0 Å². The predicted octanol–water partition coefficient (Wildman–Crippen LogP) is 1.86. The molecule has 2 fully saturated rings. The summed E-state index contributed by atoms with van der Waals surface area (Å²) in [4.78, 5) is 29.1. The number of carbonyl (C=O) groups excluding carboxylic acids is 1. The van der Waals surface area contributed by atoms with Gasteiger partial charge in [0.2, 0.25) is 0 Å². The van der Waals surface area contributed by atoms with Crippen LogP contribution in [0.2, 0.25) is 0 Å². The molecule has 0 radical (unpaired) electrons. The number of nitrogens with one attached hydrogen (secondary N) is 1. The van der Waals surface area contributed by atoms with Gasteiger partial charge in [0, 0.05) is 44.5 Å². The fourth-order valence-electron chi connectivity index (χ4n) is 4.03. The molecule has 2 unspecified atom stereocenters. The molecule has 1 N–H and O–H groups in total. The molecule has 2 aliphatic heterocycles. The molecule has 6 nitrogen and oxygen atoms in total. The number of hydrogen-bond acceptors (Lipinski definition) is 3. The Morgan fingerprint density at radius 3 is 2.74 bits per heavy atom. The number of pyridine rings is 1. The van der Waals surface area contributed by atoms with Crippen LogP contribution in [-0.4, -0.2) is 51.6 Å². The average Bonchev–Trinajstić information content (AvgIpc) is 2.78. The van der Waals surface area contributed by atoms with Crippen molar-refractivity contribution < 1.29 is 4.79 Å². The molecule has 1 aromatic rings. The molecular weight excluding hydrogens is 292 g/mol. The minimum atomic E-state index is -0.180. The number of aryl methyl sites for hydroxylation is 1. The molecule has 6 heteroatoms. The first-order valence-electron chi connectivity index (χ1n) is 8.46. The van der Waals surface area contributed by atoms with Crippen molar-refractivity contribution in [3.63, 3.8) is 0 Å². The van der Waals surface area contributed by atoms with Crippen LogP contribution in [-0.2, 0) is 7.05 Å². The number of carbonyl (C=O) groups is 1. The molecule has 0 aliphatic carbocycles. The molecule has 1 aromatic heterocycles. The van der Waals surface area contributed by atoms with Crippen molar-refractivity contribution >= 4 is 11.7 Å². The van der Waals surface area contributed by atoms with E-state index in [0.29, 0.717) is 23.8 Å². The minimum Gasteiger partial charge on any atom is -0.323 e. The second kappa shape index (κ2) is 6.35. The lowest BCUT2D eigenvalue weighted by atomic mass is 10.1. The van der Waals surface area contributed by atoms with E-state index in [-0.39, 0.29) is 11.6 Å². The van der Waals surface area contributed by atoms with E-state index in [1.54, 1.807) is 25.4 Å². The van der Waals surface area contributed by atoms with Crippen LogP contribution in [0, 0.1) is 0 Å². The van der Waals surface area contributed by atoms with Crippen molar-refractivity contribution in [2.45, 2.75) is 51.2 Å². The number of urea groups is 1. The standard InChI is InChI=1S/C17H26N4O2/c1-12(2)21-13-6-7-14(21)11-20(10-8-13)17(23)18-15-5-4-9-19(3)16(15)22/h4-5,9,12-14H,6-8,10-11H2,1-3H3,(H,18,23). The molecule has 2 amide bonds. The van der Waals surface area contributed by atoms with Crippen LogP contribution < -0.4 is 10.9 Å². The summed E-state index contributed by atoms with van der Waals surface area (Å²) in [7, 11) is 1.68. The number of fused-ring (bicyclic) bond motifs is 2. The summed E-state index contributed by atoms with van der Waals surface area (Å²) < 4.78 is 1.47. The lowest BCUT2D eigenvalue weighted by Gasteiger charge is -2.32. The highest BCUT2D eigenvalue weighted by Gasteiger charge is 2.39. The maximum atomic E-state index is 12.6. The number of aromatic nitrogens is 1. The minimum absolute atomic E-state index is 0.162. The molecule has 2 atom stereocenters. The fraction of sp³-hybridized carbons (Fsp3) is 0.647. The van der Waals surface area contributed by atoms with Crippen LogP contribution in [0.15, 0.2) is 23.1 Å². The molecule has 2 saturated heterocycles. The highest BCUT2D eigenvalue weighted by Crippen LogP contribution is 2.32. The van der Waals surface area contributed by atoms with Crippen LogP contribution in [0.3, 0.4) is 0 Å². The molecule has 0 saturated carbocycles. The molecule has 3 heterocycles. The second-order valence-electron chi connectivity index (χ2n) is 6.93. The van der Waals surface area contributed by atoms with Crippen LogP contribution in [0.4, 0.5) is 10.5 Å². The quantitative estimate of drug-likeness (QED) is 0.905. The highest BCUT2D eigenvalue weighted by atomic mass is 16.2. The third-order valence-electron chi connectivity index (χ3n) is 5.09. The molecular formula is C17H26N4O2. The van der Waals surface area contributed by atoms with Gasteiger partial charge in [0.25, 0.3) is 5.56 Å². The van der Waals surface area contributed by atoms with Crippen molar-refractivity contribution in [2.24, 2.45) is 7.05 Å². The number of nitrogens with zero attached hydrogens (tertiary/aromatic N) is 3. The summed E-state index contributed by atoms with van der Waals surface area (Å²) in [6.07, 6.45) is 5.08. The molecule has 126 valence electrons. The summed E-state index contributed by atoms with van der Waals surface area (Å²) in [5.74, 6) is 0. The molecule has 0 aromatic carbocycles. The van der Waals surface area contributed by atoms with Crippen molar-refractivity contribution in [1.29, 1.82) is 0 Å². The van der Waals surface area contributed by atoms with Gasteiger partial charge in [-0.05, 0) is 45.2 Å². The Labute approximate surface area is 137 Å². The van der Waals surface area contributed by atoms with Gasteiger partial charge in [0.05, 0.1) is 0 Å². The van der Waals surface area contributed by atoms with Crippen molar-refractivity contribution in [3.8, 4) is 0 Å². The lowest BCUT2D eigenvalue weighted by molar-refractivity contribution is 0.149. The second-order valence-corrected chi connectivity index (χ2v) is 6.93. The summed E-state index contributed by atoms with van der Waals surface area (Å²) in [5.41, 5.74) is 0.163. The average molecular weight is 318 g/mol. The molecule has 0 spiro atoms. The van der Waals surface area contributed by atoms with Crippen LogP contribution in [0.1, 0.15) is 33.1 Å². The summed E-state index contributed by atoms with van der Waals surface area (Å²) >= 11 is 0. The molecule has 3 rings (SSSR count). The maximum Gasteiger partial charge on any atom is 0.322 e. The van der Waals surface area contributed by atoms with Gasteiger partial charge in [0.15, 0.2) is 0 Å². The zero-order chi connectivity index (χ0) is 16.6. The van der Waals surface area contributed by atoms with E-state index in [1.165, 1.54) is 11.0 Å². The van der Waals surface area contributed by atoms with E-state index in [1.807, 2.05) is 4.90 Å². The smallest absolute Gasteiger partial charge is 0.322 e. The third-order valence-corrected chi connectivity index (χ3v) is 5.09.